The number of esters is 1. The first-order chi connectivity index (χ1) is 10.6. The van der Waals surface area contributed by atoms with E-state index in [0.29, 0.717) is 12.2 Å². The van der Waals surface area contributed by atoms with Crippen LogP contribution >= 0.6 is 0 Å². The first kappa shape index (κ1) is 19.0. The number of H-pyrrole nitrogens is 1. The number of carbonyl (C=O) groups is 2. The van der Waals surface area contributed by atoms with Crippen LogP contribution in [-0.2, 0) is 26.2 Å². The lowest BCUT2D eigenvalue weighted by Gasteiger charge is -2.16. The Bertz CT molecular complexity index is 545. The highest BCUT2D eigenvalue weighted by Gasteiger charge is 2.29. The van der Waals surface area contributed by atoms with Crippen LogP contribution in [0.5, 0.6) is 0 Å². The van der Waals surface area contributed by atoms with Crippen LogP contribution in [0.2, 0.25) is 0 Å². The van der Waals surface area contributed by atoms with E-state index in [9.17, 15) is 14.7 Å². The molecule has 0 atom stereocenters. The zero-order valence-corrected chi connectivity index (χ0v) is 14.1. The van der Waals surface area contributed by atoms with Gasteiger partial charge in [0.1, 0.15) is 11.4 Å². The van der Waals surface area contributed by atoms with Crippen molar-refractivity contribution in [2.24, 2.45) is 0 Å². The second kappa shape index (κ2) is 7.96. The monoisotopic (exact) mass is 328 g/mol. The van der Waals surface area contributed by atoms with Gasteiger partial charge < -0.3 is 24.3 Å². The quantitative estimate of drug-likeness (QED) is 0.583. The summed E-state index contributed by atoms with van der Waals surface area (Å²) in [5, 5.41) is 10.1. The van der Waals surface area contributed by atoms with Crippen LogP contribution in [0.4, 0.5) is 4.79 Å². The molecule has 23 heavy (non-hydrogen) atoms. The van der Waals surface area contributed by atoms with E-state index in [1.807, 2.05) is 6.92 Å². The Morgan fingerprint density at radius 3 is 2.48 bits per heavy atom. The molecule has 0 fully saturated rings. The summed E-state index contributed by atoms with van der Waals surface area (Å²) in [6.45, 7) is 7.78. The molecule has 1 aromatic rings. The van der Waals surface area contributed by atoms with Gasteiger partial charge in [-0.25, -0.2) is 14.6 Å². The molecular weight excluding hydrogens is 304 g/mol. The van der Waals surface area contributed by atoms with Gasteiger partial charge in [-0.2, -0.15) is 0 Å². The van der Waals surface area contributed by atoms with Gasteiger partial charge in [-0.1, -0.05) is 6.92 Å². The lowest BCUT2D eigenvalue weighted by molar-refractivity contribution is -0.0352. The predicted molar refractivity (Wildman–Crippen MR) is 80.8 cm³/mol. The summed E-state index contributed by atoms with van der Waals surface area (Å²) in [5.41, 5.74) is -1.05. The van der Waals surface area contributed by atoms with Crippen molar-refractivity contribution >= 4 is 12.1 Å². The molecule has 2 N–H and O–H groups in total. The highest BCUT2D eigenvalue weighted by Crippen LogP contribution is 2.23. The molecule has 1 aromatic heterocycles. The number of aromatic amines is 1. The Kier molecular flexibility index (Phi) is 6.56. The van der Waals surface area contributed by atoms with Gasteiger partial charge in [-0.05, 0) is 34.1 Å². The fourth-order valence-corrected chi connectivity index (χ4v) is 1.79. The molecule has 0 aromatic carbocycles. The van der Waals surface area contributed by atoms with Gasteiger partial charge in [-0.15, -0.1) is 0 Å². The SMILES string of the molecule is CCCc1nc(C(=O)OCOC(=O)OC(C)C)c(C(C)(C)O)[nH]1. The van der Waals surface area contributed by atoms with Gasteiger partial charge in [-0.3, -0.25) is 0 Å². The van der Waals surface area contributed by atoms with Crippen LogP contribution in [-0.4, -0.2) is 40.1 Å². The van der Waals surface area contributed by atoms with E-state index in [1.54, 1.807) is 13.8 Å². The van der Waals surface area contributed by atoms with Crippen molar-refractivity contribution in [1.29, 1.82) is 0 Å². The minimum absolute atomic E-state index is 0.0261. The van der Waals surface area contributed by atoms with Crippen molar-refractivity contribution in [3.05, 3.63) is 17.2 Å². The summed E-state index contributed by atoms with van der Waals surface area (Å²) in [7, 11) is 0. The Balaban J connectivity index is 2.73. The number of aromatic nitrogens is 2. The molecule has 8 nitrogen and oxygen atoms in total. The number of aryl methyl sites for hydroxylation is 1. The minimum Gasteiger partial charge on any atom is -0.431 e. The lowest BCUT2D eigenvalue weighted by atomic mass is 10.0. The summed E-state index contributed by atoms with van der Waals surface area (Å²) < 4.78 is 14.2. The molecular formula is C15H24N2O6. The van der Waals surface area contributed by atoms with Crippen LogP contribution in [0.15, 0.2) is 0 Å². The fraction of sp³-hybridized carbons (Fsp3) is 0.667. The Morgan fingerprint density at radius 2 is 1.96 bits per heavy atom. The van der Waals surface area contributed by atoms with E-state index in [4.69, 9.17) is 9.47 Å². The maximum absolute atomic E-state index is 12.1. The van der Waals surface area contributed by atoms with Crippen molar-refractivity contribution in [3.63, 3.8) is 0 Å². The number of hydrogen-bond acceptors (Lipinski definition) is 7. The normalized spacial score (nSPS) is 11.4. The summed E-state index contributed by atoms with van der Waals surface area (Å²) >= 11 is 0. The Hall–Kier alpha value is -2.09. The molecule has 0 aliphatic rings. The number of imidazole rings is 1. The van der Waals surface area contributed by atoms with E-state index in [2.05, 4.69) is 14.7 Å². The van der Waals surface area contributed by atoms with Gasteiger partial charge in [0.2, 0.25) is 6.79 Å². The molecule has 130 valence electrons. The second-order valence-corrected chi connectivity index (χ2v) is 5.83. The van der Waals surface area contributed by atoms with Crippen LogP contribution in [0.25, 0.3) is 0 Å². The molecule has 0 radical (unpaired) electrons. The van der Waals surface area contributed by atoms with Gasteiger partial charge >= 0.3 is 12.1 Å². The van der Waals surface area contributed by atoms with Gasteiger partial charge in [0, 0.05) is 6.42 Å². The van der Waals surface area contributed by atoms with E-state index < -0.39 is 24.5 Å². The number of nitrogens with zero attached hydrogens (tertiary/aromatic N) is 1. The number of rotatable bonds is 7. The zero-order valence-electron chi connectivity index (χ0n) is 14.1. The van der Waals surface area contributed by atoms with Gasteiger partial charge in [0.25, 0.3) is 0 Å². The average molecular weight is 328 g/mol. The van der Waals surface area contributed by atoms with Crippen molar-refractivity contribution < 1.29 is 28.9 Å². The Morgan fingerprint density at radius 1 is 1.30 bits per heavy atom. The molecule has 0 unspecified atom stereocenters. The topological polar surface area (TPSA) is 111 Å². The number of ether oxygens (including phenoxy) is 3. The number of carbonyl (C=O) groups excluding carboxylic acids is 2. The molecule has 8 heteroatoms. The molecule has 0 spiro atoms. The zero-order chi connectivity index (χ0) is 17.6. The molecule has 0 amide bonds. The third-order valence-corrected chi connectivity index (χ3v) is 2.74. The molecule has 0 saturated carbocycles. The van der Waals surface area contributed by atoms with E-state index in [0.717, 1.165) is 6.42 Å². The minimum atomic E-state index is -1.29. The smallest absolute Gasteiger partial charge is 0.431 e. The number of nitrogens with one attached hydrogen (secondary N) is 1. The molecule has 1 rings (SSSR count). The molecule has 0 aliphatic heterocycles. The third-order valence-electron chi connectivity index (χ3n) is 2.74. The lowest BCUT2D eigenvalue weighted by Crippen LogP contribution is -2.22. The molecule has 0 aliphatic carbocycles. The number of aliphatic hydroxyl groups is 1. The first-order valence-corrected chi connectivity index (χ1v) is 7.47. The molecule has 0 saturated heterocycles. The molecule has 1 heterocycles. The third kappa shape index (κ3) is 5.90. The van der Waals surface area contributed by atoms with E-state index in [-0.39, 0.29) is 17.5 Å². The summed E-state index contributed by atoms with van der Waals surface area (Å²) in [4.78, 5) is 30.4. The maximum Gasteiger partial charge on any atom is 0.511 e. The van der Waals surface area contributed by atoms with Crippen molar-refractivity contribution in [1.82, 2.24) is 9.97 Å². The van der Waals surface area contributed by atoms with Gasteiger partial charge in [0.05, 0.1) is 11.8 Å². The summed E-state index contributed by atoms with van der Waals surface area (Å²) in [5.74, 6) is -0.213. The highest BCUT2D eigenvalue weighted by molar-refractivity contribution is 5.89. The molecule has 0 bridgehead atoms. The first-order valence-electron chi connectivity index (χ1n) is 7.47. The predicted octanol–water partition coefficient (Wildman–Crippen LogP) is 2.27. The van der Waals surface area contributed by atoms with Crippen LogP contribution in [0, 0.1) is 0 Å². The summed E-state index contributed by atoms with van der Waals surface area (Å²) in [6, 6.07) is 0. The van der Waals surface area contributed by atoms with Crippen molar-refractivity contribution in [3.8, 4) is 0 Å². The average Bonchev–Trinajstić information content (AvgIpc) is 2.82. The van der Waals surface area contributed by atoms with Crippen molar-refractivity contribution in [2.45, 2.75) is 59.2 Å². The fourth-order valence-electron chi connectivity index (χ4n) is 1.79. The van der Waals surface area contributed by atoms with E-state index in [1.165, 1.54) is 13.8 Å². The largest absolute Gasteiger partial charge is 0.511 e. The van der Waals surface area contributed by atoms with Crippen molar-refractivity contribution in [2.75, 3.05) is 6.79 Å². The van der Waals surface area contributed by atoms with Gasteiger partial charge in [0.15, 0.2) is 5.69 Å². The summed E-state index contributed by atoms with van der Waals surface area (Å²) in [6.07, 6.45) is 0.206. The second-order valence-electron chi connectivity index (χ2n) is 5.83. The Labute approximate surface area is 135 Å². The van der Waals surface area contributed by atoms with Crippen LogP contribution in [0.3, 0.4) is 0 Å². The highest BCUT2D eigenvalue weighted by atomic mass is 16.8. The van der Waals surface area contributed by atoms with Crippen LogP contribution < -0.4 is 0 Å². The maximum atomic E-state index is 12.1. The van der Waals surface area contributed by atoms with E-state index >= 15 is 0 Å². The number of hydrogen-bond donors (Lipinski definition) is 2. The standard InChI is InChI=1S/C15H24N2O6/c1-6-7-10-16-11(12(17-10)15(4,5)20)13(18)21-8-22-14(19)23-9(2)3/h9,20H,6-8H2,1-5H3,(H,16,17). The van der Waals surface area contributed by atoms with Crippen LogP contribution in [0.1, 0.15) is 63.0 Å².